The second-order valence-electron chi connectivity index (χ2n) is 5.64. The molecule has 0 saturated carbocycles. The van der Waals surface area contributed by atoms with Crippen LogP contribution in [0, 0.1) is 0 Å². The number of imide groups is 1. The molecule has 0 radical (unpaired) electrons. The minimum Gasteiger partial charge on any atom is -0.497 e. The number of thiazole rings is 1. The predicted molar refractivity (Wildman–Crippen MR) is 94.7 cm³/mol. The van der Waals surface area contributed by atoms with Crippen LogP contribution in [0.25, 0.3) is 16.0 Å². The fourth-order valence-electron chi connectivity index (χ4n) is 3.13. The maximum Gasteiger partial charge on any atom is 0.284 e. The Morgan fingerprint density at radius 2 is 1.76 bits per heavy atom. The second-order valence-corrected chi connectivity index (χ2v) is 6.62. The maximum absolute atomic E-state index is 13.0. The average Bonchev–Trinajstić information content (AvgIpc) is 3.24. The van der Waals surface area contributed by atoms with E-state index in [1.54, 1.807) is 35.8 Å². The number of hydrogen-bond donors (Lipinski definition) is 0. The number of methoxy groups -OCH3 is 1. The zero-order valence-corrected chi connectivity index (χ0v) is 13.9. The van der Waals surface area contributed by atoms with Crippen molar-refractivity contribution in [2.24, 2.45) is 0 Å². The van der Waals surface area contributed by atoms with Gasteiger partial charge in [0.05, 0.1) is 23.8 Å². The van der Waals surface area contributed by atoms with Crippen molar-refractivity contribution in [2.45, 2.75) is 0 Å². The minimum atomic E-state index is -0.334. The van der Waals surface area contributed by atoms with Crippen LogP contribution in [0.5, 0.6) is 5.75 Å². The number of para-hydroxylation sites is 2. The van der Waals surface area contributed by atoms with E-state index in [9.17, 15) is 9.59 Å². The Bertz CT molecular complexity index is 1170. The Labute approximate surface area is 145 Å². The van der Waals surface area contributed by atoms with E-state index in [2.05, 4.69) is 4.98 Å². The Morgan fingerprint density at radius 1 is 1.00 bits per heavy atom. The molecule has 2 aromatic heterocycles. The van der Waals surface area contributed by atoms with Gasteiger partial charge in [-0.05, 0) is 36.4 Å². The summed E-state index contributed by atoms with van der Waals surface area (Å²) in [5.74, 6) is 0.0185. The quantitative estimate of drug-likeness (QED) is 0.521. The van der Waals surface area contributed by atoms with E-state index in [1.165, 1.54) is 16.2 Å². The van der Waals surface area contributed by atoms with E-state index < -0.39 is 0 Å². The van der Waals surface area contributed by atoms with Crippen molar-refractivity contribution >= 4 is 44.8 Å². The Hall–Kier alpha value is -3.19. The number of hydrogen-bond acceptors (Lipinski definition) is 5. The molecule has 3 heterocycles. The van der Waals surface area contributed by atoms with Crippen molar-refractivity contribution in [1.82, 2.24) is 9.38 Å². The molecule has 6 nitrogen and oxygen atoms in total. The molecule has 1 aliphatic rings. The summed E-state index contributed by atoms with van der Waals surface area (Å²) in [7, 11) is 1.57. The van der Waals surface area contributed by atoms with Crippen LogP contribution in [0.3, 0.4) is 0 Å². The van der Waals surface area contributed by atoms with Crippen LogP contribution in [-0.4, -0.2) is 28.3 Å². The number of carbonyl (C=O) groups is 2. The lowest BCUT2D eigenvalue weighted by Gasteiger charge is -2.14. The first kappa shape index (κ1) is 14.2. The molecule has 0 saturated heterocycles. The van der Waals surface area contributed by atoms with Gasteiger partial charge >= 0.3 is 0 Å². The molecule has 0 atom stereocenters. The first-order chi connectivity index (χ1) is 12.2. The van der Waals surface area contributed by atoms with Gasteiger partial charge in [0.15, 0.2) is 4.96 Å². The van der Waals surface area contributed by atoms with E-state index in [-0.39, 0.29) is 11.8 Å². The van der Waals surface area contributed by atoms with Gasteiger partial charge in [0, 0.05) is 0 Å². The van der Waals surface area contributed by atoms with Crippen molar-refractivity contribution in [2.75, 3.05) is 12.0 Å². The molecule has 122 valence electrons. The van der Waals surface area contributed by atoms with Gasteiger partial charge in [-0.15, -0.1) is 0 Å². The lowest BCUT2D eigenvalue weighted by molar-refractivity contribution is 0.0925. The van der Waals surface area contributed by atoms with Gasteiger partial charge in [-0.1, -0.05) is 23.5 Å². The molecule has 4 aromatic rings. The highest BCUT2D eigenvalue weighted by atomic mass is 32.1. The molecule has 7 heteroatoms. The molecule has 0 bridgehead atoms. The van der Waals surface area contributed by atoms with Crippen LogP contribution < -0.4 is 9.64 Å². The Morgan fingerprint density at radius 3 is 2.52 bits per heavy atom. The summed E-state index contributed by atoms with van der Waals surface area (Å²) in [6, 6.07) is 14.4. The largest absolute Gasteiger partial charge is 0.497 e. The maximum atomic E-state index is 13.0. The molecule has 2 aromatic carbocycles. The topological polar surface area (TPSA) is 63.9 Å². The lowest BCUT2D eigenvalue weighted by Crippen LogP contribution is -2.29. The van der Waals surface area contributed by atoms with Crippen molar-refractivity contribution in [1.29, 1.82) is 0 Å². The van der Waals surface area contributed by atoms with Crippen molar-refractivity contribution in [3.63, 3.8) is 0 Å². The standard InChI is InChI=1S/C18H11N3O3S/c1-24-11-8-6-10(7-9-11)20-16(22)14-15(17(20)23)25-18-19-12-4-2-3-5-13(12)21(14)18/h2-9H,1H3. The molecule has 0 fully saturated rings. The molecule has 0 aliphatic carbocycles. The molecule has 0 N–H and O–H groups in total. The van der Waals surface area contributed by atoms with Gasteiger partial charge in [0.1, 0.15) is 16.3 Å². The predicted octanol–water partition coefficient (Wildman–Crippen LogP) is 3.36. The Balaban J connectivity index is 1.70. The third kappa shape index (κ3) is 1.81. The number of nitrogens with zero attached hydrogens (tertiary/aromatic N) is 3. The van der Waals surface area contributed by atoms with E-state index >= 15 is 0 Å². The molecular formula is C18H11N3O3S. The van der Waals surface area contributed by atoms with Crippen LogP contribution >= 0.6 is 11.3 Å². The normalized spacial score (nSPS) is 13.9. The molecule has 2 amide bonds. The summed E-state index contributed by atoms with van der Waals surface area (Å²) < 4.78 is 6.91. The first-order valence-corrected chi connectivity index (χ1v) is 8.43. The van der Waals surface area contributed by atoms with Crippen LogP contribution in [0.15, 0.2) is 48.5 Å². The van der Waals surface area contributed by atoms with Crippen LogP contribution in [0.4, 0.5) is 5.69 Å². The molecule has 25 heavy (non-hydrogen) atoms. The fourth-order valence-corrected chi connectivity index (χ4v) is 4.19. The van der Waals surface area contributed by atoms with Crippen molar-refractivity contribution < 1.29 is 14.3 Å². The zero-order valence-electron chi connectivity index (χ0n) is 13.1. The first-order valence-electron chi connectivity index (χ1n) is 7.62. The number of fused-ring (bicyclic) bond motifs is 5. The Kier molecular flexibility index (Phi) is 2.78. The molecule has 5 rings (SSSR count). The number of aromatic nitrogens is 2. The van der Waals surface area contributed by atoms with Crippen LogP contribution in [0.2, 0.25) is 0 Å². The van der Waals surface area contributed by atoms with Crippen LogP contribution in [-0.2, 0) is 0 Å². The number of ether oxygens (including phenoxy) is 1. The molecule has 0 spiro atoms. The summed E-state index contributed by atoms with van der Waals surface area (Å²) in [6.45, 7) is 0. The number of rotatable bonds is 2. The summed E-state index contributed by atoms with van der Waals surface area (Å²) >= 11 is 1.25. The molecule has 0 unspecified atom stereocenters. The van der Waals surface area contributed by atoms with Gasteiger partial charge in [-0.2, -0.15) is 0 Å². The molecule has 1 aliphatic heterocycles. The number of amides is 2. The highest BCUT2D eigenvalue weighted by molar-refractivity contribution is 7.19. The number of imidazole rings is 1. The van der Waals surface area contributed by atoms with Gasteiger partial charge in [0.25, 0.3) is 11.8 Å². The number of benzene rings is 2. The number of carbonyl (C=O) groups excluding carboxylic acids is 2. The van der Waals surface area contributed by atoms with Gasteiger partial charge in [-0.3, -0.25) is 14.0 Å². The highest BCUT2D eigenvalue weighted by Crippen LogP contribution is 2.36. The summed E-state index contributed by atoms with van der Waals surface area (Å²) in [5, 5.41) is 0. The summed E-state index contributed by atoms with van der Waals surface area (Å²) in [4.78, 5) is 32.6. The van der Waals surface area contributed by atoms with Gasteiger partial charge < -0.3 is 4.74 Å². The van der Waals surface area contributed by atoms with E-state index in [4.69, 9.17) is 4.74 Å². The third-order valence-corrected chi connectivity index (χ3v) is 5.32. The number of anilines is 1. The van der Waals surface area contributed by atoms with Gasteiger partial charge in [0.2, 0.25) is 0 Å². The minimum absolute atomic E-state index is 0.315. The van der Waals surface area contributed by atoms with E-state index in [1.807, 2.05) is 24.3 Å². The lowest BCUT2D eigenvalue weighted by atomic mass is 10.3. The monoisotopic (exact) mass is 349 g/mol. The highest BCUT2D eigenvalue weighted by Gasteiger charge is 2.41. The second kappa shape index (κ2) is 4.90. The molecular weight excluding hydrogens is 338 g/mol. The fraction of sp³-hybridized carbons (Fsp3) is 0.0556. The van der Waals surface area contributed by atoms with E-state index in [0.29, 0.717) is 27.0 Å². The average molecular weight is 349 g/mol. The zero-order chi connectivity index (χ0) is 17.1. The van der Waals surface area contributed by atoms with E-state index in [0.717, 1.165) is 11.0 Å². The smallest absolute Gasteiger partial charge is 0.284 e. The van der Waals surface area contributed by atoms with Crippen LogP contribution in [0.1, 0.15) is 20.2 Å². The van der Waals surface area contributed by atoms with Gasteiger partial charge in [-0.25, -0.2) is 9.88 Å². The van der Waals surface area contributed by atoms with Crippen molar-refractivity contribution in [3.8, 4) is 5.75 Å². The summed E-state index contributed by atoms with van der Waals surface area (Å²) in [6.07, 6.45) is 0. The third-order valence-electron chi connectivity index (χ3n) is 4.30. The van der Waals surface area contributed by atoms with Crippen molar-refractivity contribution in [3.05, 3.63) is 59.1 Å². The summed E-state index contributed by atoms with van der Waals surface area (Å²) in [5.41, 5.74) is 2.54. The SMILES string of the molecule is COc1ccc(N2C(=O)c3sc4nc5ccccc5n4c3C2=O)cc1.